The second-order valence-corrected chi connectivity index (χ2v) is 2.75. The fraction of sp³-hybridized carbons (Fsp3) is 0.333. The molecule has 0 radical (unpaired) electrons. The standard InChI is InChI=1S/C9H8F4O2/c10-6-1-5(3-14)2-7(11)9(6)15-4-8(12)13/h1-2,8,14H,3-4H2. The molecule has 0 spiro atoms. The third-order valence-electron chi connectivity index (χ3n) is 1.59. The summed E-state index contributed by atoms with van der Waals surface area (Å²) in [5, 5.41) is 8.60. The summed E-state index contributed by atoms with van der Waals surface area (Å²) in [6, 6.07) is 1.65. The first kappa shape index (κ1) is 11.8. The maximum absolute atomic E-state index is 13.0. The highest BCUT2D eigenvalue weighted by molar-refractivity contribution is 5.31. The molecule has 0 saturated heterocycles. The van der Waals surface area contributed by atoms with Crippen LogP contribution in [0.1, 0.15) is 5.56 Å². The Balaban J connectivity index is 2.88. The highest BCUT2D eigenvalue weighted by Crippen LogP contribution is 2.23. The number of hydrogen-bond donors (Lipinski definition) is 1. The molecule has 0 aliphatic heterocycles. The lowest BCUT2D eigenvalue weighted by Crippen LogP contribution is -2.09. The van der Waals surface area contributed by atoms with Crippen LogP contribution in [0.2, 0.25) is 0 Å². The van der Waals surface area contributed by atoms with E-state index in [0.29, 0.717) is 0 Å². The molecular formula is C9H8F4O2. The lowest BCUT2D eigenvalue weighted by Gasteiger charge is -2.08. The zero-order valence-electron chi connectivity index (χ0n) is 7.51. The molecule has 0 aromatic heterocycles. The third-order valence-corrected chi connectivity index (χ3v) is 1.59. The van der Waals surface area contributed by atoms with Crippen LogP contribution in [0.25, 0.3) is 0 Å². The molecule has 0 aliphatic carbocycles. The number of halogens is 4. The zero-order chi connectivity index (χ0) is 11.4. The van der Waals surface area contributed by atoms with E-state index in [1.807, 2.05) is 0 Å². The minimum Gasteiger partial charge on any atom is -0.482 e. The van der Waals surface area contributed by atoms with Crippen LogP contribution < -0.4 is 4.74 Å². The van der Waals surface area contributed by atoms with Crippen molar-refractivity contribution in [3.63, 3.8) is 0 Å². The summed E-state index contributed by atoms with van der Waals surface area (Å²) in [4.78, 5) is 0. The quantitative estimate of drug-likeness (QED) is 0.793. The van der Waals surface area contributed by atoms with E-state index >= 15 is 0 Å². The van der Waals surface area contributed by atoms with Crippen LogP contribution in [0.3, 0.4) is 0 Å². The van der Waals surface area contributed by atoms with Gasteiger partial charge in [0.05, 0.1) is 6.61 Å². The fourth-order valence-corrected chi connectivity index (χ4v) is 0.988. The van der Waals surface area contributed by atoms with E-state index in [1.54, 1.807) is 0 Å². The molecule has 0 amide bonds. The van der Waals surface area contributed by atoms with E-state index in [0.717, 1.165) is 12.1 Å². The predicted octanol–water partition coefficient (Wildman–Crippen LogP) is 2.10. The second-order valence-electron chi connectivity index (χ2n) is 2.75. The molecule has 0 unspecified atom stereocenters. The van der Waals surface area contributed by atoms with Crippen molar-refractivity contribution in [1.82, 2.24) is 0 Å². The Labute approximate surface area is 83.1 Å². The first-order valence-electron chi connectivity index (χ1n) is 4.04. The Morgan fingerprint density at radius 1 is 1.20 bits per heavy atom. The van der Waals surface area contributed by atoms with Gasteiger partial charge in [-0.05, 0) is 17.7 Å². The van der Waals surface area contributed by atoms with Crippen LogP contribution in [0, 0.1) is 11.6 Å². The van der Waals surface area contributed by atoms with Crippen molar-refractivity contribution in [2.75, 3.05) is 6.61 Å². The van der Waals surface area contributed by atoms with Gasteiger partial charge in [0.2, 0.25) is 0 Å². The van der Waals surface area contributed by atoms with Gasteiger partial charge >= 0.3 is 0 Å². The number of rotatable bonds is 4. The Morgan fingerprint density at radius 2 is 1.73 bits per heavy atom. The zero-order valence-corrected chi connectivity index (χ0v) is 7.51. The maximum atomic E-state index is 13.0. The number of aliphatic hydroxyl groups excluding tert-OH is 1. The molecule has 0 aliphatic rings. The summed E-state index contributed by atoms with van der Waals surface area (Å²) >= 11 is 0. The van der Waals surface area contributed by atoms with Crippen LogP contribution in [0.5, 0.6) is 5.75 Å². The molecule has 15 heavy (non-hydrogen) atoms. The van der Waals surface area contributed by atoms with Gasteiger partial charge in [-0.1, -0.05) is 0 Å². The minimum absolute atomic E-state index is 0.00870. The van der Waals surface area contributed by atoms with Crippen LogP contribution in [-0.4, -0.2) is 18.1 Å². The molecule has 0 atom stereocenters. The number of aliphatic hydroxyl groups is 1. The summed E-state index contributed by atoms with van der Waals surface area (Å²) in [7, 11) is 0. The van der Waals surface area contributed by atoms with Crippen molar-refractivity contribution in [3.05, 3.63) is 29.3 Å². The molecule has 1 aromatic carbocycles. The van der Waals surface area contributed by atoms with Crippen molar-refractivity contribution >= 4 is 0 Å². The molecule has 0 fully saturated rings. The summed E-state index contributed by atoms with van der Waals surface area (Å²) in [6.45, 7) is -1.62. The van der Waals surface area contributed by atoms with E-state index < -0.39 is 37.0 Å². The van der Waals surface area contributed by atoms with Gasteiger partial charge in [0.25, 0.3) is 6.43 Å². The molecule has 2 nitrogen and oxygen atoms in total. The Kier molecular flexibility index (Phi) is 3.90. The molecule has 1 N–H and O–H groups in total. The normalized spacial score (nSPS) is 10.8. The molecule has 0 bridgehead atoms. The van der Waals surface area contributed by atoms with Gasteiger partial charge in [0, 0.05) is 0 Å². The number of hydrogen-bond acceptors (Lipinski definition) is 2. The lowest BCUT2D eigenvalue weighted by atomic mass is 10.2. The van der Waals surface area contributed by atoms with Gasteiger partial charge in [-0.2, -0.15) is 0 Å². The minimum atomic E-state index is -2.80. The van der Waals surface area contributed by atoms with Crippen molar-refractivity contribution in [1.29, 1.82) is 0 Å². The van der Waals surface area contributed by atoms with E-state index in [9.17, 15) is 17.6 Å². The first-order valence-corrected chi connectivity index (χ1v) is 4.04. The van der Waals surface area contributed by atoms with Crippen molar-refractivity contribution in [2.45, 2.75) is 13.0 Å². The summed E-state index contributed by atoms with van der Waals surface area (Å²) < 4.78 is 53.7. The number of alkyl halides is 2. The largest absolute Gasteiger partial charge is 0.482 e. The van der Waals surface area contributed by atoms with Gasteiger partial charge in [0.1, 0.15) is 6.61 Å². The van der Waals surface area contributed by atoms with Gasteiger partial charge in [-0.3, -0.25) is 0 Å². The fourth-order valence-electron chi connectivity index (χ4n) is 0.988. The number of ether oxygens (including phenoxy) is 1. The van der Waals surface area contributed by atoms with Crippen LogP contribution in [0.4, 0.5) is 17.6 Å². The SMILES string of the molecule is OCc1cc(F)c(OCC(F)F)c(F)c1. The van der Waals surface area contributed by atoms with Crippen LogP contribution in [-0.2, 0) is 6.61 Å². The van der Waals surface area contributed by atoms with Crippen LogP contribution in [0.15, 0.2) is 12.1 Å². The highest BCUT2D eigenvalue weighted by Gasteiger charge is 2.14. The smallest absolute Gasteiger partial charge is 0.272 e. The van der Waals surface area contributed by atoms with Gasteiger partial charge in [0.15, 0.2) is 17.4 Å². The van der Waals surface area contributed by atoms with Crippen molar-refractivity contribution in [3.8, 4) is 5.75 Å². The van der Waals surface area contributed by atoms with E-state index in [-0.39, 0.29) is 5.56 Å². The summed E-state index contributed by atoms with van der Waals surface area (Å²) in [5.41, 5.74) is 0.00870. The second kappa shape index (κ2) is 4.97. The average Bonchev–Trinajstić information content (AvgIpc) is 2.15. The summed E-state index contributed by atoms with van der Waals surface area (Å²) in [5.74, 6) is -3.08. The predicted molar refractivity (Wildman–Crippen MR) is 43.8 cm³/mol. The summed E-state index contributed by atoms with van der Waals surface area (Å²) in [6.07, 6.45) is -2.80. The maximum Gasteiger partial charge on any atom is 0.272 e. The van der Waals surface area contributed by atoms with Crippen molar-refractivity contribution in [2.24, 2.45) is 0 Å². The van der Waals surface area contributed by atoms with Gasteiger partial charge in [-0.15, -0.1) is 0 Å². The Bertz CT molecular complexity index is 318. The molecule has 1 rings (SSSR count). The van der Waals surface area contributed by atoms with E-state index in [2.05, 4.69) is 4.74 Å². The monoisotopic (exact) mass is 224 g/mol. The molecule has 1 aromatic rings. The molecule has 0 saturated carbocycles. The van der Waals surface area contributed by atoms with Crippen molar-refractivity contribution < 1.29 is 27.4 Å². The van der Waals surface area contributed by atoms with Gasteiger partial charge in [-0.25, -0.2) is 17.6 Å². The average molecular weight is 224 g/mol. The lowest BCUT2D eigenvalue weighted by molar-refractivity contribution is 0.0776. The number of benzene rings is 1. The molecular weight excluding hydrogens is 216 g/mol. The molecule has 84 valence electrons. The van der Waals surface area contributed by atoms with Gasteiger partial charge < -0.3 is 9.84 Å². The van der Waals surface area contributed by atoms with E-state index in [1.165, 1.54) is 0 Å². The molecule has 0 heterocycles. The Morgan fingerprint density at radius 3 is 2.13 bits per heavy atom. The topological polar surface area (TPSA) is 29.5 Å². The molecule has 6 heteroatoms. The van der Waals surface area contributed by atoms with Crippen LogP contribution >= 0.6 is 0 Å². The Hall–Kier alpha value is -1.30. The van der Waals surface area contributed by atoms with E-state index in [4.69, 9.17) is 5.11 Å². The first-order chi connectivity index (χ1) is 7.04. The third kappa shape index (κ3) is 3.09. The highest BCUT2D eigenvalue weighted by atomic mass is 19.3.